The number of likely N-dealkylation sites (tertiary alicyclic amines) is 1. The average Bonchev–Trinajstić information content (AvgIpc) is 2.15. The van der Waals surface area contributed by atoms with Crippen LogP contribution in [0.4, 0.5) is 4.79 Å². The number of piperidine rings is 1. The molecule has 1 rings (SSSR count). The third-order valence-corrected chi connectivity index (χ3v) is 2.77. The predicted octanol–water partition coefficient (Wildman–Crippen LogP) is 1.34. The number of rotatable bonds is 1. The molecule has 1 fully saturated rings. The van der Waals surface area contributed by atoms with Crippen molar-refractivity contribution in [3.8, 4) is 0 Å². The Labute approximate surface area is 85.4 Å². The highest BCUT2D eigenvalue weighted by Crippen LogP contribution is 2.24. The first kappa shape index (κ1) is 11.3. The number of hydrogen-bond donors (Lipinski definition) is 1. The Morgan fingerprint density at radius 3 is 2.64 bits per heavy atom. The molecule has 4 heteroatoms. The van der Waals surface area contributed by atoms with Crippen molar-refractivity contribution < 1.29 is 9.53 Å². The maximum atomic E-state index is 11.5. The third kappa shape index (κ3) is 2.38. The Hall–Kier alpha value is -0.770. The number of ether oxygens (including phenoxy) is 1. The SMILES string of the molecule is COC(=O)N1CCCCC1C(C)(C)N. The van der Waals surface area contributed by atoms with Crippen molar-refractivity contribution in [1.82, 2.24) is 4.90 Å². The minimum Gasteiger partial charge on any atom is -0.453 e. The van der Waals surface area contributed by atoms with E-state index in [-0.39, 0.29) is 17.7 Å². The molecule has 2 N–H and O–H groups in total. The Morgan fingerprint density at radius 2 is 2.14 bits per heavy atom. The van der Waals surface area contributed by atoms with Gasteiger partial charge in [-0.25, -0.2) is 4.79 Å². The first-order valence-electron chi connectivity index (χ1n) is 5.10. The highest BCUT2D eigenvalue weighted by Gasteiger charge is 2.35. The summed E-state index contributed by atoms with van der Waals surface area (Å²) in [7, 11) is 1.41. The van der Waals surface area contributed by atoms with Crippen LogP contribution in [0.2, 0.25) is 0 Å². The van der Waals surface area contributed by atoms with Crippen LogP contribution in [-0.2, 0) is 4.74 Å². The van der Waals surface area contributed by atoms with E-state index < -0.39 is 0 Å². The monoisotopic (exact) mass is 200 g/mol. The largest absolute Gasteiger partial charge is 0.453 e. The minimum atomic E-state index is -0.353. The Morgan fingerprint density at radius 1 is 1.50 bits per heavy atom. The van der Waals surface area contributed by atoms with Gasteiger partial charge in [0.2, 0.25) is 0 Å². The molecule has 0 aliphatic carbocycles. The van der Waals surface area contributed by atoms with E-state index in [2.05, 4.69) is 0 Å². The Kier molecular flexibility index (Phi) is 3.37. The summed E-state index contributed by atoms with van der Waals surface area (Å²) in [6.07, 6.45) is 2.90. The summed E-state index contributed by atoms with van der Waals surface area (Å²) >= 11 is 0. The standard InChI is InChI=1S/C10H20N2O2/c1-10(2,11)8-6-4-5-7-12(8)9(13)14-3/h8H,4-7,11H2,1-3H3. The zero-order valence-corrected chi connectivity index (χ0v) is 9.25. The molecule has 1 heterocycles. The van der Waals surface area contributed by atoms with E-state index in [0.29, 0.717) is 0 Å². The molecule has 0 aromatic heterocycles. The lowest BCUT2D eigenvalue weighted by molar-refractivity contribution is 0.0673. The highest BCUT2D eigenvalue weighted by atomic mass is 16.5. The van der Waals surface area contributed by atoms with Crippen LogP contribution < -0.4 is 5.73 Å². The van der Waals surface area contributed by atoms with Gasteiger partial charge in [0.1, 0.15) is 0 Å². The fourth-order valence-electron chi connectivity index (χ4n) is 2.04. The zero-order chi connectivity index (χ0) is 10.8. The maximum Gasteiger partial charge on any atom is 0.409 e. The summed E-state index contributed by atoms with van der Waals surface area (Å²) in [6, 6.07) is 0.101. The molecule has 0 bridgehead atoms. The fourth-order valence-corrected chi connectivity index (χ4v) is 2.04. The molecule has 4 nitrogen and oxygen atoms in total. The van der Waals surface area contributed by atoms with Crippen molar-refractivity contribution in [2.24, 2.45) is 5.73 Å². The summed E-state index contributed by atoms with van der Waals surface area (Å²) in [5, 5.41) is 0. The molecule has 1 aliphatic rings. The summed E-state index contributed by atoms with van der Waals surface area (Å²) in [6.45, 7) is 4.68. The lowest BCUT2D eigenvalue weighted by atomic mass is 9.87. The summed E-state index contributed by atoms with van der Waals surface area (Å²) < 4.78 is 4.75. The topological polar surface area (TPSA) is 55.6 Å². The van der Waals surface area contributed by atoms with Crippen molar-refractivity contribution in [3.05, 3.63) is 0 Å². The first-order valence-corrected chi connectivity index (χ1v) is 5.10. The second-order valence-corrected chi connectivity index (χ2v) is 4.50. The second kappa shape index (κ2) is 4.17. The predicted molar refractivity (Wildman–Crippen MR) is 55.0 cm³/mol. The van der Waals surface area contributed by atoms with Crippen molar-refractivity contribution >= 4 is 6.09 Å². The van der Waals surface area contributed by atoms with Crippen LogP contribution >= 0.6 is 0 Å². The molecular formula is C10H20N2O2. The van der Waals surface area contributed by atoms with Gasteiger partial charge in [0, 0.05) is 12.1 Å². The van der Waals surface area contributed by atoms with Gasteiger partial charge >= 0.3 is 6.09 Å². The van der Waals surface area contributed by atoms with E-state index in [4.69, 9.17) is 10.5 Å². The van der Waals surface area contributed by atoms with Crippen LogP contribution in [0.25, 0.3) is 0 Å². The molecule has 0 saturated carbocycles. The van der Waals surface area contributed by atoms with Gasteiger partial charge in [0.05, 0.1) is 13.2 Å². The van der Waals surface area contributed by atoms with E-state index in [1.54, 1.807) is 4.90 Å². The van der Waals surface area contributed by atoms with Gasteiger partial charge in [-0.1, -0.05) is 0 Å². The second-order valence-electron chi connectivity index (χ2n) is 4.50. The number of methoxy groups -OCH3 is 1. The molecule has 1 atom stereocenters. The number of hydrogen-bond acceptors (Lipinski definition) is 3. The van der Waals surface area contributed by atoms with Crippen molar-refractivity contribution in [2.75, 3.05) is 13.7 Å². The lowest BCUT2D eigenvalue weighted by Gasteiger charge is -2.42. The summed E-state index contributed by atoms with van der Waals surface area (Å²) in [4.78, 5) is 13.2. The molecule has 0 aromatic rings. The van der Waals surface area contributed by atoms with Gasteiger partial charge in [-0.3, -0.25) is 0 Å². The van der Waals surface area contributed by atoms with E-state index >= 15 is 0 Å². The van der Waals surface area contributed by atoms with Gasteiger partial charge in [0.15, 0.2) is 0 Å². The molecule has 1 aliphatic heterocycles. The molecule has 0 radical (unpaired) electrons. The molecular weight excluding hydrogens is 180 g/mol. The first-order chi connectivity index (χ1) is 6.46. The molecule has 82 valence electrons. The van der Waals surface area contributed by atoms with Gasteiger partial charge in [0.25, 0.3) is 0 Å². The molecule has 14 heavy (non-hydrogen) atoms. The Bertz CT molecular complexity index is 211. The molecule has 1 unspecified atom stereocenters. The summed E-state index contributed by atoms with van der Waals surface area (Å²) in [5.41, 5.74) is 5.69. The van der Waals surface area contributed by atoms with Crippen LogP contribution in [0.3, 0.4) is 0 Å². The van der Waals surface area contributed by atoms with Crippen LogP contribution in [0.1, 0.15) is 33.1 Å². The van der Waals surface area contributed by atoms with Crippen molar-refractivity contribution in [2.45, 2.75) is 44.7 Å². The van der Waals surface area contributed by atoms with Crippen LogP contribution in [0.5, 0.6) is 0 Å². The van der Waals surface area contributed by atoms with E-state index in [1.807, 2.05) is 13.8 Å². The number of carbonyl (C=O) groups excluding carboxylic acids is 1. The van der Waals surface area contributed by atoms with Crippen LogP contribution in [0.15, 0.2) is 0 Å². The molecule has 1 saturated heterocycles. The van der Waals surface area contributed by atoms with E-state index in [9.17, 15) is 4.79 Å². The third-order valence-electron chi connectivity index (χ3n) is 2.77. The highest BCUT2D eigenvalue weighted by molar-refractivity contribution is 5.68. The fraction of sp³-hybridized carbons (Fsp3) is 0.900. The zero-order valence-electron chi connectivity index (χ0n) is 9.25. The number of nitrogens with zero attached hydrogens (tertiary/aromatic N) is 1. The maximum absolute atomic E-state index is 11.5. The van der Waals surface area contributed by atoms with Crippen molar-refractivity contribution in [3.63, 3.8) is 0 Å². The molecule has 0 aromatic carbocycles. The number of amides is 1. The van der Waals surface area contributed by atoms with Gasteiger partial charge in [-0.15, -0.1) is 0 Å². The molecule has 1 amide bonds. The normalized spacial score (nSPS) is 23.4. The Balaban J connectivity index is 2.74. The van der Waals surface area contributed by atoms with E-state index in [0.717, 1.165) is 25.8 Å². The van der Waals surface area contributed by atoms with Crippen LogP contribution in [-0.4, -0.2) is 36.2 Å². The lowest BCUT2D eigenvalue weighted by Crippen LogP contribution is -2.58. The minimum absolute atomic E-state index is 0.101. The smallest absolute Gasteiger partial charge is 0.409 e. The van der Waals surface area contributed by atoms with E-state index in [1.165, 1.54) is 7.11 Å². The van der Waals surface area contributed by atoms with Gasteiger partial charge in [-0.05, 0) is 33.1 Å². The van der Waals surface area contributed by atoms with Gasteiger partial charge in [-0.2, -0.15) is 0 Å². The quantitative estimate of drug-likeness (QED) is 0.695. The van der Waals surface area contributed by atoms with Crippen LogP contribution in [0, 0.1) is 0 Å². The van der Waals surface area contributed by atoms with Crippen molar-refractivity contribution in [1.29, 1.82) is 0 Å². The number of nitrogens with two attached hydrogens (primary N) is 1. The average molecular weight is 200 g/mol. The van der Waals surface area contributed by atoms with Gasteiger partial charge < -0.3 is 15.4 Å². The molecule has 0 spiro atoms. The summed E-state index contributed by atoms with van der Waals surface area (Å²) in [5.74, 6) is 0. The number of carbonyl (C=O) groups is 1.